The molecular formula is C14H20N2O4. The quantitative estimate of drug-likeness (QED) is 0.877. The number of hydrogen-bond acceptors (Lipinski definition) is 4. The van der Waals surface area contributed by atoms with Gasteiger partial charge in [0.05, 0.1) is 18.2 Å². The normalized spacial score (nSPS) is 22.5. The van der Waals surface area contributed by atoms with E-state index < -0.39 is 5.97 Å². The van der Waals surface area contributed by atoms with Crippen molar-refractivity contribution in [1.82, 2.24) is 10.3 Å². The summed E-state index contributed by atoms with van der Waals surface area (Å²) in [6.45, 7) is 3.98. The van der Waals surface area contributed by atoms with E-state index in [1.807, 2.05) is 13.8 Å². The van der Waals surface area contributed by atoms with Crippen LogP contribution in [-0.4, -0.2) is 22.0 Å². The Morgan fingerprint density at radius 1 is 1.25 bits per heavy atom. The topological polar surface area (TPSA) is 92.4 Å². The van der Waals surface area contributed by atoms with Crippen LogP contribution in [0.3, 0.4) is 0 Å². The average molecular weight is 280 g/mol. The maximum absolute atomic E-state index is 12.0. The molecule has 0 saturated heterocycles. The third kappa shape index (κ3) is 3.37. The Morgan fingerprint density at radius 3 is 2.35 bits per heavy atom. The SMILES string of the molecule is Cc1nc(CNC(=O)C2CCC(C(=O)O)CC2)oc1C. The van der Waals surface area contributed by atoms with Crippen LogP contribution in [0.1, 0.15) is 43.0 Å². The Morgan fingerprint density at radius 2 is 1.85 bits per heavy atom. The molecule has 0 radical (unpaired) electrons. The monoisotopic (exact) mass is 280 g/mol. The van der Waals surface area contributed by atoms with E-state index >= 15 is 0 Å². The van der Waals surface area contributed by atoms with Gasteiger partial charge in [0.15, 0.2) is 0 Å². The Bertz CT molecular complexity index is 482. The molecule has 2 N–H and O–H groups in total. The molecule has 6 heteroatoms. The maximum Gasteiger partial charge on any atom is 0.306 e. The zero-order valence-electron chi connectivity index (χ0n) is 11.8. The van der Waals surface area contributed by atoms with Gasteiger partial charge in [0, 0.05) is 5.92 Å². The molecule has 1 aliphatic rings. The molecule has 1 saturated carbocycles. The van der Waals surface area contributed by atoms with E-state index in [1.54, 1.807) is 0 Å². The third-order valence-corrected chi connectivity index (χ3v) is 3.93. The van der Waals surface area contributed by atoms with Crippen molar-refractivity contribution in [2.24, 2.45) is 11.8 Å². The summed E-state index contributed by atoms with van der Waals surface area (Å²) < 4.78 is 5.40. The third-order valence-electron chi connectivity index (χ3n) is 3.93. The first kappa shape index (κ1) is 14.6. The summed E-state index contributed by atoms with van der Waals surface area (Å²) in [5.41, 5.74) is 0.830. The first-order valence-electron chi connectivity index (χ1n) is 6.90. The molecule has 20 heavy (non-hydrogen) atoms. The molecule has 0 spiro atoms. The largest absolute Gasteiger partial charge is 0.481 e. The number of carboxylic acid groups (broad SMARTS) is 1. The van der Waals surface area contributed by atoms with Crippen molar-refractivity contribution in [1.29, 1.82) is 0 Å². The predicted octanol–water partition coefficient (Wildman–Crippen LogP) is 1.80. The highest BCUT2D eigenvalue weighted by molar-refractivity contribution is 5.79. The van der Waals surface area contributed by atoms with Crippen molar-refractivity contribution in [3.05, 3.63) is 17.3 Å². The van der Waals surface area contributed by atoms with Crippen LogP contribution in [0, 0.1) is 25.7 Å². The number of rotatable bonds is 4. The number of aromatic nitrogens is 1. The summed E-state index contributed by atoms with van der Waals surface area (Å²) in [5, 5.41) is 11.7. The number of carboxylic acids is 1. The highest BCUT2D eigenvalue weighted by Gasteiger charge is 2.29. The van der Waals surface area contributed by atoms with E-state index in [1.165, 1.54) is 0 Å². The van der Waals surface area contributed by atoms with Gasteiger partial charge in [-0.1, -0.05) is 0 Å². The van der Waals surface area contributed by atoms with E-state index in [4.69, 9.17) is 9.52 Å². The molecule has 6 nitrogen and oxygen atoms in total. The van der Waals surface area contributed by atoms with Crippen molar-refractivity contribution in [3.63, 3.8) is 0 Å². The molecule has 1 aromatic heterocycles. The Kier molecular flexibility index (Phi) is 4.42. The molecule has 1 amide bonds. The summed E-state index contributed by atoms with van der Waals surface area (Å²) >= 11 is 0. The van der Waals surface area contributed by atoms with E-state index in [0.717, 1.165) is 11.5 Å². The summed E-state index contributed by atoms with van der Waals surface area (Å²) in [6, 6.07) is 0. The minimum atomic E-state index is -0.755. The Hall–Kier alpha value is -1.85. The Labute approximate surface area is 117 Å². The van der Waals surface area contributed by atoms with Crippen LogP contribution in [0.5, 0.6) is 0 Å². The molecule has 1 aliphatic carbocycles. The lowest BCUT2D eigenvalue weighted by Gasteiger charge is -2.24. The van der Waals surface area contributed by atoms with Crippen LogP contribution >= 0.6 is 0 Å². The number of aryl methyl sites for hydroxylation is 2. The number of carbonyl (C=O) groups is 2. The standard InChI is InChI=1S/C14H20N2O4/c1-8-9(2)20-12(16-8)7-15-13(17)10-3-5-11(6-4-10)14(18)19/h10-11H,3-7H2,1-2H3,(H,15,17)(H,18,19). The predicted molar refractivity (Wildman–Crippen MR) is 70.9 cm³/mol. The van der Waals surface area contributed by atoms with Crippen LogP contribution in [0.25, 0.3) is 0 Å². The molecule has 1 fully saturated rings. The van der Waals surface area contributed by atoms with Crippen molar-refractivity contribution in [2.75, 3.05) is 0 Å². The summed E-state index contributed by atoms with van der Waals surface area (Å²) in [6.07, 6.45) is 2.41. The van der Waals surface area contributed by atoms with Gasteiger partial charge in [0.25, 0.3) is 0 Å². The first-order chi connectivity index (χ1) is 9.47. The van der Waals surface area contributed by atoms with E-state index in [0.29, 0.717) is 31.6 Å². The van der Waals surface area contributed by atoms with Gasteiger partial charge in [-0.2, -0.15) is 0 Å². The van der Waals surface area contributed by atoms with Gasteiger partial charge in [0.1, 0.15) is 5.76 Å². The lowest BCUT2D eigenvalue weighted by Crippen LogP contribution is -2.34. The zero-order valence-corrected chi connectivity index (χ0v) is 11.8. The van der Waals surface area contributed by atoms with Crippen molar-refractivity contribution in [2.45, 2.75) is 46.1 Å². The van der Waals surface area contributed by atoms with Gasteiger partial charge in [-0.05, 0) is 39.5 Å². The summed E-state index contributed by atoms with van der Waals surface area (Å²) in [5.74, 6) is 0.0829. The smallest absolute Gasteiger partial charge is 0.306 e. The molecule has 0 aromatic carbocycles. The minimum Gasteiger partial charge on any atom is -0.481 e. The zero-order chi connectivity index (χ0) is 14.7. The van der Waals surface area contributed by atoms with E-state index in [9.17, 15) is 9.59 Å². The minimum absolute atomic E-state index is 0.0395. The van der Waals surface area contributed by atoms with Crippen LogP contribution in [0.15, 0.2) is 4.42 Å². The number of amides is 1. The number of oxazole rings is 1. The lowest BCUT2D eigenvalue weighted by atomic mass is 9.81. The second-order valence-electron chi connectivity index (χ2n) is 5.35. The molecular weight excluding hydrogens is 260 g/mol. The number of aliphatic carboxylic acids is 1. The van der Waals surface area contributed by atoms with Crippen LogP contribution < -0.4 is 5.32 Å². The number of carbonyl (C=O) groups excluding carboxylic acids is 1. The fraction of sp³-hybridized carbons (Fsp3) is 0.643. The molecule has 2 rings (SSSR count). The molecule has 1 aromatic rings. The average Bonchev–Trinajstić information content (AvgIpc) is 2.75. The van der Waals surface area contributed by atoms with Crippen LogP contribution in [0.4, 0.5) is 0 Å². The first-order valence-corrected chi connectivity index (χ1v) is 6.90. The van der Waals surface area contributed by atoms with Gasteiger partial charge in [-0.3, -0.25) is 9.59 Å². The van der Waals surface area contributed by atoms with Crippen molar-refractivity contribution >= 4 is 11.9 Å². The highest BCUT2D eigenvalue weighted by atomic mass is 16.4. The second kappa shape index (κ2) is 6.07. The molecule has 0 bridgehead atoms. The van der Waals surface area contributed by atoms with Crippen molar-refractivity contribution in [3.8, 4) is 0 Å². The molecule has 0 unspecified atom stereocenters. The molecule has 0 aliphatic heterocycles. The fourth-order valence-electron chi connectivity index (χ4n) is 2.52. The lowest BCUT2D eigenvalue weighted by molar-refractivity contribution is -0.144. The van der Waals surface area contributed by atoms with E-state index in [2.05, 4.69) is 10.3 Å². The summed E-state index contributed by atoms with van der Waals surface area (Å²) in [7, 11) is 0. The second-order valence-corrected chi connectivity index (χ2v) is 5.35. The number of nitrogens with zero attached hydrogens (tertiary/aromatic N) is 1. The Balaban J connectivity index is 1.80. The van der Waals surface area contributed by atoms with E-state index in [-0.39, 0.29) is 24.3 Å². The molecule has 110 valence electrons. The van der Waals surface area contributed by atoms with Crippen molar-refractivity contribution < 1.29 is 19.1 Å². The van der Waals surface area contributed by atoms with Gasteiger partial charge in [0.2, 0.25) is 11.8 Å². The van der Waals surface area contributed by atoms with Gasteiger partial charge < -0.3 is 14.8 Å². The van der Waals surface area contributed by atoms with Gasteiger partial charge in [-0.25, -0.2) is 4.98 Å². The molecule has 1 heterocycles. The maximum atomic E-state index is 12.0. The van der Waals surface area contributed by atoms with Crippen LogP contribution in [-0.2, 0) is 16.1 Å². The highest BCUT2D eigenvalue weighted by Crippen LogP contribution is 2.29. The van der Waals surface area contributed by atoms with Gasteiger partial charge in [-0.15, -0.1) is 0 Å². The number of hydrogen-bond donors (Lipinski definition) is 2. The van der Waals surface area contributed by atoms with Gasteiger partial charge >= 0.3 is 5.97 Å². The summed E-state index contributed by atoms with van der Waals surface area (Å²) in [4.78, 5) is 27.1. The van der Waals surface area contributed by atoms with Crippen LogP contribution in [0.2, 0.25) is 0 Å². The number of nitrogens with one attached hydrogen (secondary N) is 1. The fourth-order valence-corrected chi connectivity index (χ4v) is 2.52. The molecule has 0 atom stereocenters.